The first-order valence-electron chi connectivity index (χ1n) is 30.0. The third kappa shape index (κ3) is 6.37. The van der Waals surface area contributed by atoms with E-state index in [-0.39, 0.29) is 50.2 Å². The van der Waals surface area contributed by atoms with E-state index >= 15 is 0 Å². The van der Waals surface area contributed by atoms with Gasteiger partial charge in [0.1, 0.15) is 11.2 Å². The summed E-state index contributed by atoms with van der Waals surface area (Å²) >= 11 is 0. The Kier molecular flexibility index (Phi) is 9.64. The molecule has 4 heterocycles. The zero-order chi connectivity index (χ0) is 54.2. The van der Waals surface area contributed by atoms with Gasteiger partial charge in [0.25, 0.3) is 6.71 Å². The van der Waals surface area contributed by atoms with E-state index in [0.717, 1.165) is 46.9 Å². The van der Waals surface area contributed by atoms with Crippen molar-refractivity contribution in [1.82, 2.24) is 0 Å². The van der Waals surface area contributed by atoms with E-state index in [0.29, 0.717) is 0 Å². The highest BCUT2D eigenvalue weighted by molar-refractivity contribution is 7.00. The quantitative estimate of drug-likeness (QED) is 0.165. The van der Waals surface area contributed by atoms with Crippen molar-refractivity contribution in [2.45, 2.75) is 198 Å². The number of anilines is 8. The largest absolute Gasteiger partial charge is 0.456 e. The Bertz CT molecular complexity index is 3940. The molecule has 2 unspecified atom stereocenters. The minimum atomic E-state index is -0.135. The van der Waals surface area contributed by atoms with Gasteiger partial charge in [-0.05, 0) is 200 Å². The number of benzene rings is 7. The summed E-state index contributed by atoms with van der Waals surface area (Å²) in [5.41, 5.74) is 26.9. The van der Waals surface area contributed by atoms with Crippen LogP contribution in [0.1, 0.15) is 194 Å². The van der Waals surface area contributed by atoms with Gasteiger partial charge in [-0.15, -0.1) is 0 Å². The third-order valence-electron chi connectivity index (χ3n) is 22.5. The smallest absolute Gasteiger partial charge is 0.252 e. The first-order chi connectivity index (χ1) is 36.8. The first kappa shape index (κ1) is 48.9. The van der Waals surface area contributed by atoms with E-state index in [4.69, 9.17) is 4.42 Å². The van der Waals surface area contributed by atoms with E-state index < -0.39 is 0 Å². The van der Waals surface area contributed by atoms with E-state index in [1.54, 1.807) is 0 Å². The van der Waals surface area contributed by atoms with Crippen molar-refractivity contribution in [2.24, 2.45) is 0 Å². The molecule has 5 heteroatoms. The molecule has 4 aliphatic carbocycles. The molecule has 8 aromatic rings. The second kappa shape index (κ2) is 15.4. The summed E-state index contributed by atoms with van der Waals surface area (Å²) < 4.78 is 6.84. The van der Waals surface area contributed by atoms with Gasteiger partial charge >= 0.3 is 0 Å². The molecule has 0 saturated heterocycles. The Morgan fingerprint density at radius 2 is 0.872 bits per heavy atom. The van der Waals surface area contributed by atoms with Gasteiger partial charge in [0.05, 0.1) is 5.54 Å². The maximum Gasteiger partial charge on any atom is 0.252 e. The lowest BCUT2D eigenvalue weighted by Crippen LogP contribution is -2.62. The molecule has 0 N–H and O–H groups in total. The molecule has 4 nitrogen and oxygen atoms in total. The van der Waals surface area contributed by atoms with Crippen LogP contribution in [0.25, 0.3) is 21.9 Å². The second-order valence-corrected chi connectivity index (χ2v) is 30.1. The molecule has 3 aliphatic heterocycles. The number of fused-ring (bicyclic) bond motifs is 13. The molecule has 1 fully saturated rings. The molecule has 0 amide bonds. The fourth-order valence-electron chi connectivity index (χ4n) is 17.9. The Morgan fingerprint density at radius 1 is 0.372 bits per heavy atom. The van der Waals surface area contributed by atoms with E-state index in [1.165, 1.54) is 134 Å². The number of rotatable bonds is 3. The molecular formula is C73H80BN3O. The van der Waals surface area contributed by atoms with Crippen molar-refractivity contribution in [3.8, 4) is 0 Å². The van der Waals surface area contributed by atoms with Gasteiger partial charge in [0, 0.05) is 67.8 Å². The Morgan fingerprint density at radius 3 is 1.53 bits per heavy atom. The number of para-hydroxylation sites is 2. The standard InChI is InChI=1S/C73H80BN3O/c1-66(2)31-32-67(3,4)51-35-44(26-28-49(51)66)75-59-41-54-52(68(5,6)33-34-69(54,7)8)39-56(59)74-57-40-53-55(71(11,12)43-70(53,9)10)42-60(57)76(45-25-27-48-47-21-15-18-24-63(47)78-64(48)38-45)62-37-46(36-61(75)65(62)74)77-58-23-17-16-22-50(58)72(13)29-19-20-30-73(72,77)14/h15-18,21-28,35-42H,19-20,29-34,43H2,1-14H3. The molecule has 0 radical (unpaired) electrons. The molecule has 78 heavy (non-hydrogen) atoms. The highest BCUT2D eigenvalue weighted by atomic mass is 16.3. The Labute approximate surface area is 465 Å². The lowest BCUT2D eigenvalue weighted by Gasteiger charge is -2.51. The summed E-state index contributed by atoms with van der Waals surface area (Å²) in [6, 6.07) is 48.9. The fourth-order valence-corrected chi connectivity index (χ4v) is 17.9. The summed E-state index contributed by atoms with van der Waals surface area (Å²) in [7, 11) is 0. The minimum Gasteiger partial charge on any atom is -0.456 e. The summed E-state index contributed by atoms with van der Waals surface area (Å²) in [4.78, 5) is 8.31. The molecular weight excluding hydrogens is 946 g/mol. The first-order valence-corrected chi connectivity index (χ1v) is 30.0. The predicted molar refractivity (Wildman–Crippen MR) is 332 cm³/mol. The van der Waals surface area contributed by atoms with Crippen molar-refractivity contribution in [3.63, 3.8) is 0 Å². The summed E-state index contributed by atoms with van der Waals surface area (Å²) in [5, 5.41) is 2.32. The molecule has 1 aromatic heterocycles. The van der Waals surface area contributed by atoms with Crippen LogP contribution in [0.5, 0.6) is 0 Å². The molecule has 0 bridgehead atoms. The van der Waals surface area contributed by atoms with Gasteiger partial charge in [-0.2, -0.15) is 0 Å². The molecule has 0 spiro atoms. The number of hydrogen-bond acceptors (Lipinski definition) is 4. The average molecular weight is 1030 g/mol. The topological polar surface area (TPSA) is 22.9 Å². The fraction of sp³-hybridized carbons (Fsp3) is 0.425. The van der Waals surface area contributed by atoms with Gasteiger partial charge < -0.3 is 19.1 Å². The van der Waals surface area contributed by atoms with Crippen LogP contribution < -0.4 is 31.1 Å². The second-order valence-electron chi connectivity index (χ2n) is 30.1. The van der Waals surface area contributed by atoms with Gasteiger partial charge in [-0.25, -0.2) is 0 Å². The third-order valence-corrected chi connectivity index (χ3v) is 22.5. The Balaban J connectivity index is 1.11. The van der Waals surface area contributed by atoms with Crippen LogP contribution in [-0.2, 0) is 37.9 Å². The van der Waals surface area contributed by atoms with Crippen LogP contribution in [0.15, 0.2) is 126 Å². The predicted octanol–water partition coefficient (Wildman–Crippen LogP) is 18.1. The number of nitrogens with zero attached hydrogens (tertiary/aromatic N) is 3. The monoisotopic (exact) mass is 1030 g/mol. The van der Waals surface area contributed by atoms with Crippen molar-refractivity contribution >= 4 is 90.5 Å². The van der Waals surface area contributed by atoms with Gasteiger partial charge in [-0.1, -0.05) is 157 Å². The van der Waals surface area contributed by atoms with Crippen LogP contribution in [0.4, 0.5) is 45.5 Å². The highest BCUT2D eigenvalue weighted by Crippen LogP contribution is 2.63. The normalized spacial score (nSPS) is 24.7. The maximum atomic E-state index is 6.84. The zero-order valence-electron chi connectivity index (χ0n) is 49.2. The van der Waals surface area contributed by atoms with E-state index in [9.17, 15) is 0 Å². The van der Waals surface area contributed by atoms with Crippen molar-refractivity contribution < 1.29 is 4.42 Å². The van der Waals surface area contributed by atoms with Gasteiger partial charge in [-0.3, -0.25) is 0 Å². The molecule has 7 aromatic carbocycles. The van der Waals surface area contributed by atoms with Gasteiger partial charge in [0.15, 0.2) is 0 Å². The number of hydrogen-bond donors (Lipinski definition) is 0. The van der Waals surface area contributed by atoms with Crippen LogP contribution in [0, 0.1) is 0 Å². The molecule has 1 saturated carbocycles. The SMILES string of the molecule is CC1(C)CCC(C)(C)c2cc(N3c4cc5c(cc4B4c6cc7c(cc6N(c6ccc8c(c6)oc6ccccc68)c6cc(N8c9ccccc9C9(C)CCCCC89C)cc3c64)C(C)(C)CC7(C)C)C(C)(C)CCC5(C)C)ccc21. The molecule has 396 valence electrons. The molecule has 15 rings (SSSR count). The van der Waals surface area contributed by atoms with Crippen molar-refractivity contribution in [2.75, 3.05) is 14.7 Å². The minimum absolute atomic E-state index is 0.000453. The van der Waals surface area contributed by atoms with Crippen molar-refractivity contribution in [3.05, 3.63) is 160 Å². The van der Waals surface area contributed by atoms with Crippen LogP contribution in [-0.4, -0.2) is 12.3 Å². The zero-order valence-corrected chi connectivity index (χ0v) is 49.2. The number of furan rings is 1. The average Bonchev–Trinajstić information content (AvgIpc) is 2.80. The van der Waals surface area contributed by atoms with Crippen molar-refractivity contribution in [1.29, 1.82) is 0 Å². The Hall–Kier alpha value is -6.20. The van der Waals surface area contributed by atoms with Crippen LogP contribution in [0.2, 0.25) is 0 Å². The van der Waals surface area contributed by atoms with Gasteiger partial charge in [0.2, 0.25) is 0 Å². The molecule has 2 atom stereocenters. The highest BCUT2D eigenvalue weighted by Gasteiger charge is 2.58. The summed E-state index contributed by atoms with van der Waals surface area (Å²) in [5.74, 6) is 0. The van der Waals surface area contributed by atoms with E-state index in [2.05, 4.69) is 233 Å². The van der Waals surface area contributed by atoms with Crippen LogP contribution >= 0.6 is 0 Å². The summed E-state index contributed by atoms with van der Waals surface area (Å²) in [6.07, 6.45) is 10.6. The van der Waals surface area contributed by atoms with E-state index in [1.807, 2.05) is 0 Å². The lowest BCUT2D eigenvalue weighted by atomic mass is 9.33. The van der Waals surface area contributed by atoms with Crippen LogP contribution in [0.3, 0.4) is 0 Å². The maximum absolute atomic E-state index is 6.84. The molecule has 7 aliphatic rings. The lowest BCUT2D eigenvalue weighted by molar-refractivity contribution is 0.195. The summed E-state index contributed by atoms with van der Waals surface area (Å²) in [6.45, 7) is 35.1.